The molecule has 6 aromatic rings. The summed E-state index contributed by atoms with van der Waals surface area (Å²) >= 11 is 0. The van der Waals surface area contributed by atoms with E-state index in [1.807, 2.05) is 33.0 Å². The second-order valence-electron chi connectivity index (χ2n) is 13.9. The highest BCUT2D eigenvalue weighted by molar-refractivity contribution is 6.05. The number of carbonyl (C=O) groups excluding carboxylic acids is 1. The van der Waals surface area contributed by atoms with Crippen molar-refractivity contribution in [3.05, 3.63) is 84.6 Å². The smallest absolute Gasteiger partial charge is 0.410 e. The van der Waals surface area contributed by atoms with Crippen LogP contribution >= 0.6 is 0 Å². The Morgan fingerprint density at radius 2 is 1.42 bits per heavy atom. The minimum Gasteiger partial charge on any atom is -0.465 e. The van der Waals surface area contributed by atoms with E-state index in [0.29, 0.717) is 18.9 Å². The second-order valence-corrected chi connectivity index (χ2v) is 13.9. The van der Waals surface area contributed by atoms with Gasteiger partial charge in [-0.25, -0.2) is 19.6 Å². The summed E-state index contributed by atoms with van der Waals surface area (Å²) in [5.41, 5.74) is 5.43. The number of aromatic amines is 2. The highest BCUT2D eigenvalue weighted by atomic mass is 16.6. The van der Waals surface area contributed by atoms with Crippen molar-refractivity contribution in [2.45, 2.75) is 64.1 Å². The van der Waals surface area contributed by atoms with Crippen molar-refractivity contribution in [1.82, 2.24) is 29.7 Å². The van der Waals surface area contributed by atoms with E-state index in [-0.39, 0.29) is 18.2 Å². The van der Waals surface area contributed by atoms with Gasteiger partial charge in [0.1, 0.15) is 17.2 Å². The van der Waals surface area contributed by atoms with E-state index in [1.54, 1.807) is 4.90 Å². The molecular weight excluding hydrogens is 604 g/mol. The van der Waals surface area contributed by atoms with Crippen molar-refractivity contribution in [2.24, 2.45) is 0 Å². The summed E-state index contributed by atoms with van der Waals surface area (Å²) in [6, 6.07) is 23.1. The second kappa shape index (κ2) is 11.4. The molecule has 10 heteroatoms. The van der Waals surface area contributed by atoms with Crippen LogP contribution in [0.15, 0.2) is 72.9 Å². The number of rotatable bonds is 4. The predicted molar refractivity (Wildman–Crippen MR) is 186 cm³/mol. The lowest BCUT2D eigenvalue weighted by Gasteiger charge is -2.27. The number of hydrogen-bond donors (Lipinski definition) is 3. The molecule has 1 unspecified atom stereocenters. The maximum absolute atomic E-state index is 12.8. The molecule has 244 valence electrons. The molecule has 2 saturated heterocycles. The van der Waals surface area contributed by atoms with Crippen molar-refractivity contribution >= 4 is 44.8 Å². The normalized spacial score (nSPS) is 18.4. The quantitative estimate of drug-likeness (QED) is 0.176. The van der Waals surface area contributed by atoms with E-state index < -0.39 is 11.7 Å². The molecule has 2 fully saturated rings. The standard InChI is InChI=1S/C38H38N6O4/c1-38(2,3)48-37(47)44-17-5-6-31(44)34-39-21-30(41-34)27-11-10-23-18-22(8-9-24(23)20-27)25-12-14-28-26(19-25)13-15-29-33(28)42-35(40-29)32-7-4-16-43(32)36(45)46/h8-15,18-21,31-32H,4-7,16-17H2,1-3H3,(H,39,41)(H,40,42)(H,45,46)/t31-,32?/m0/s1. The van der Waals surface area contributed by atoms with Crippen LogP contribution in [0.5, 0.6) is 0 Å². The van der Waals surface area contributed by atoms with Gasteiger partial charge < -0.3 is 19.8 Å². The summed E-state index contributed by atoms with van der Waals surface area (Å²) in [5.74, 6) is 1.49. The Morgan fingerprint density at radius 1 is 0.792 bits per heavy atom. The number of nitrogens with one attached hydrogen (secondary N) is 2. The zero-order chi connectivity index (χ0) is 33.2. The molecule has 0 saturated carbocycles. The molecule has 2 aliphatic heterocycles. The summed E-state index contributed by atoms with van der Waals surface area (Å²) in [5, 5.41) is 14.0. The van der Waals surface area contributed by atoms with Gasteiger partial charge in [-0.05, 0) is 98.0 Å². The molecule has 0 radical (unpaired) electrons. The van der Waals surface area contributed by atoms with Gasteiger partial charge >= 0.3 is 12.2 Å². The summed E-state index contributed by atoms with van der Waals surface area (Å²) in [4.78, 5) is 44.2. The largest absolute Gasteiger partial charge is 0.465 e. The van der Waals surface area contributed by atoms with E-state index in [2.05, 4.69) is 75.6 Å². The third kappa shape index (κ3) is 5.40. The maximum Gasteiger partial charge on any atom is 0.410 e. The number of imidazole rings is 2. The van der Waals surface area contributed by atoms with Gasteiger partial charge in [0.2, 0.25) is 0 Å². The molecule has 0 aliphatic carbocycles. The lowest BCUT2D eigenvalue weighted by atomic mass is 9.97. The van der Waals surface area contributed by atoms with Crippen molar-refractivity contribution in [3.8, 4) is 22.4 Å². The Hall–Kier alpha value is -5.38. The Kier molecular flexibility index (Phi) is 7.12. The molecule has 4 aromatic carbocycles. The predicted octanol–water partition coefficient (Wildman–Crippen LogP) is 8.81. The van der Waals surface area contributed by atoms with Crippen LogP contribution in [-0.2, 0) is 4.74 Å². The van der Waals surface area contributed by atoms with E-state index in [9.17, 15) is 14.7 Å². The number of benzene rings is 4. The van der Waals surface area contributed by atoms with Gasteiger partial charge in [0.15, 0.2) is 0 Å². The van der Waals surface area contributed by atoms with E-state index in [1.165, 1.54) is 4.90 Å². The Bertz CT molecular complexity index is 2210. The number of carbonyl (C=O) groups is 2. The first-order valence-electron chi connectivity index (χ1n) is 16.6. The molecule has 2 atom stereocenters. The monoisotopic (exact) mass is 642 g/mol. The Labute approximate surface area is 277 Å². The molecule has 0 bridgehead atoms. The van der Waals surface area contributed by atoms with E-state index >= 15 is 0 Å². The van der Waals surface area contributed by atoms with Gasteiger partial charge in [-0.3, -0.25) is 9.80 Å². The molecule has 2 amide bonds. The van der Waals surface area contributed by atoms with Crippen molar-refractivity contribution in [2.75, 3.05) is 13.1 Å². The van der Waals surface area contributed by atoms with Gasteiger partial charge in [-0.1, -0.05) is 42.5 Å². The van der Waals surface area contributed by atoms with Crippen molar-refractivity contribution in [3.63, 3.8) is 0 Å². The summed E-state index contributed by atoms with van der Waals surface area (Å²) < 4.78 is 5.64. The number of likely N-dealkylation sites (tertiary alicyclic amines) is 2. The lowest BCUT2D eigenvalue weighted by Crippen LogP contribution is -2.36. The number of H-pyrrole nitrogens is 2. The molecule has 3 N–H and O–H groups in total. The number of fused-ring (bicyclic) bond motifs is 4. The fourth-order valence-corrected chi connectivity index (χ4v) is 7.28. The van der Waals surface area contributed by atoms with Crippen LogP contribution in [0, 0.1) is 0 Å². The van der Waals surface area contributed by atoms with Crippen LogP contribution in [0.3, 0.4) is 0 Å². The van der Waals surface area contributed by atoms with E-state index in [0.717, 1.165) is 86.5 Å². The zero-order valence-electron chi connectivity index (χ0n) is 27.3. The van der Waals surface area contributed by atoms with Gasteiger partial charge in [0.05, 0.1) is 35.0 Å². The highest BCUT2D eigenvalue weighted by Gasteiger charge is 2.35. The van der Waals surface area contributed by atoms with E-state index in [4.69, 9.17) is 9.72 Å². The van der Waals surface area contributed by atoms with Crippen LogP contribution in [0.4, 0.5) is 9.59 Å². The van der Waals surface area contributed by atoms with Crippen LogP contribution in [0.25, 0.3) is 55.0 Å². The SMILES string of the molecule is CC(C)(C)OC(=O)N1CCC[C@H]1c1ncc(-c2ccc3cc(-c4ccc5c(ccc6nc(C7CCCN7C(=O)O)[nH]c65)c4)ccc3c2)[nH]1. The molecule has 48 heavy (non-hydrogen) atoms. The minimum atomic E-state index is -0.901. The molecule has 0 spiro atoms. The van der Waals surface area contributed by atoms with Gasteiger partial charge in [-0.15, -0.1) is 0 Å². The van der Waals surface area contributed by atoms with Crippen LogP contribution in [-0.4, -0.2) is 65.7 Å². The number of hydrogen-bond acceptors (Lipinski definition) is 5. The first-order valence-corrected chi connectivity index (χ1v) is 16.6. The number of carboxylic acid groups (broad SMARTS) is 1. The molecule has 4 heterocycles. The summed E-state index contributed by atoms with van der Waals surface area (Å²) in [7, 11) is 0. The first kappa shape index (κ1) is 30.0. The average molecular weight is 643 g/mol. The van der Waals surface area contributed by atoms with Crippen LogP contribution < -0.4 is 0 Å². The number of amides is 2. The summed E-state index contributed by atoms with van der Waals surface area (Å²) in [6.45, 7) is 6.85. The third-order valence-electron chi connectivity index (χ3n) is 9.58. The molecule has 2 aliphatic rings. The van der Waals surface area contributed by atoms with Crippen LogP contribution in [0.1, 0.15) is 70.2 Å². The molecule has 10 nitrogen and oxygen atoms in total. The van der Waals surface area contributed by atoms with Gasteiger partial charge in [-0.2, -0.15) is 0 Å². The Morgan fingerprint density at radius 3 is 2.15 bits per heavy atom. The van der Waals surface area contributed by atoms with Crippen molar-refractivity contribution in [1.29, 1.82) is 0 Å². The number of aromatic nitrogens is 4. The number of ether oxygens (including phenoxy) is 1. The van der Waals surface area contributed by atoms with Gasteiger partial charge in [0, 0.05) is 24.0 Å². The summed E-state index contributed by atoms with van der Waals surface area (Å²) in [6.07, 6.45) is 4.02. The Balaban J connectivity index is 1.04. The van der Waals surface area contributed by atoms with Crippen LogP contribution in [0.2, 0.25) is 0 Å². The average Bonchev–Trinajstić information content (AvgIpc) is 3.88. The molecule has 8 rings (SSSR count). The van der Waals surface area contributed by atoms with Crippen molar-refractivity contribution < 1.29 is 19.4 Å². The maximum atomic E-state index is 12.8. The fraction of sp³-hybridized carbons (Fsp3) is 0.316. The topological polar surface area (TPSA) is 127 Å². The molecular formula is C38H38N6O4. The third-order valence-corrected chi connectivity index (χ3v) is 9.58. The number of nitrogens with zero attached hydrogens (tertiary/aromatic N) is 4. The van der Waals surface area contributed by atoms with Gasteiger partial charge in [0.25, 0.3) is 0 Å². The fourth-order valence-electron chi connectivity index (χ4n) is 7.28. The minimum absolute atomic E-state index is 0.125. The lowest BCUT2D eigenvalue weighted by molar-refractivity contribution is 0.0218. The molecule has 2 aromatic heterocycles. The highest BCUT2D eigenvalue weighted by Crippen LogP contribution is 2.36. The zero-order valence-corrected chi connectivity index (χ0v) is 27.3. The first-order chi connectivity index (χ1) is 23.1.